The molecular formula is C17H10F3NO2. The number of ether oxygens (including phenoxy) is 1. The minimum atomic E-state index is -2.82. The number of halogens is 3. The number of fused-ring (bicyclic) bond motifs is 1. The van der Waals surface area contributed by atoms with Gasteiger partial charge in [-0.25, -0.2) is 13.2 Å². The van der Waals surface area contributed by atoms with Crippen LogP contribution in [0.4, 0.5) is 13.2 Å². The number of alkyl halides is 2. The van der Waals surface area contributed by atoms with Crippen molar-refractivity contribution >= 4 is 5.78 Å². The number of hydrogen-bond donors (Lipinski definition) is 0. The molecule has 116 valence electrons. The van der Waals surface area contributed by atoms with Crippen LogP contribution in [0.25, 0.3) is 0 Å². The third kappa shape index (κ3) is 2.78. The molecule has 3 nitrogen and oxygen atoms in total. The van der Waals surface area contributed by atoms with Gasteiger partial charge in [-0.3, -0.25) is 4.79 Å². The molecule has 6 heteroatoms. The lowest BCUT2D eigenvalue weighted by molar-refractivity contribution is 0.0994. The summed E-state index contributed by atoms with van der Waals surface area (Å²) in [6.45, 7) is 0. The van der Waals surface area contributed by atoms with Crippen LogP contribution in [-0.4, -0.2) is 5.78 Å². The molecule has 23 heavy (non-hydrogen) atoms. The number of rotatable bonds is 3. The lowest BCUT2D eigenvalue weighted by Crippen LogP contribution is -2.00. The largest absolute Gasteiger partial charge is 0.457 e. The van der Waals surface area contributed by atoms with Gasteiger partial charge in [-0.15, -0.1) is 0 Å². The van der Waals surface area contributed by atoms with E-state index < -0.39 is 12.2 Å². The van der Waals surface area contributed by atoms with Gasteiger partial charge in [0.1, 0.15) is 17.3 Å². The van der Waals surface area contributed by atoms with Crippen molar-refractivity contribution in [3.8, 4) is 17.6 Å². The number of hydrogen-bond acceptors (Lipinski definition) is 3. The lowest BCUT2D eigenvalue weighted by Gasteiger charge is -2.14. The lowest BCUT2D eigenvalue weighted by atomic mass is 10.0. The maximum absolute atomic E-state index is 13.4. The first-order chi connectivity index (χ1) is 11.0. The molecule has 0 amide bonds. The van der Waals surface area contributed by atoms with Crippen LogP contribution in [0.2, 0.25) is 0 Å². The Kier molecular flexibility index (Phi) is 3.78. The molecule has 0 fully saturated rings. The summed E-state index contributed by atoms with van der Waals surface area (Å²) in [6, 6.07) is 7.77. The minimum Gasteiger partial charge on any atom is -0.457 e. The van der Waals surface area contributed by atoms with Crippen molar-refractivity contribution in [3.63, 3.8) is 0 Å². The van der Waals surface area contributed by atoms with Gasteiger partial charge in [0.25, 0.3) is 6.43 Å². The predicted molar refractivity (Wildman–Crippen MR) is 75.2 cm³/mol. The number of nitriles is 1. The Labute approximate surface area is 129 Å². The van der Waals surface area contributed by atoms with Crippen molar-refractivity contribution in [3.05, 3.63) is 58.4 Å². The monoisotopic (exact) mass is 317 g/mol. The molecule has 2 aromatic rings. The Morgan fingerprint density at radius 2 is 1.96 bits per heavy atom. The summed E-state index contributed by atoms with van der Waals surface area (Å²) in [6.07, 6.45) is -2.40. The van der Waals surface area contributed by atoms with Crippen molar-refractivity contribution in [1.29, 1.82) is 5.26 Å². The van der Waals surface area contributed by atoms with Gasteiger partial charge in [-0.1, -0.05) is 0 Å². The average Bonchev–Trinajstić information content (AvgIpc) is 2.87. The van der Waals surface area contributed by atoms with Crippen molar-refractivity contribution in [2.45, 2.75) is 19.3 Å². The average molecular weight is 317 g/mol. The summed E-state index contributed by atoms with van der Waals surface area (Å²) in [5.74, 6) is -1.06. The molecule has 0 radical (unpaired) electrons. The van der Waals surface area contributed by atoms with Crippen LogP contribution in [0.5, 0.6) is 11.5 Å². The van der Waals surface area contributed by atoms with Crippen LogP contribution in [0.15, 0.2) is 30.3 Å². The molecule has 0 saturated heterocycles. The van der Waals surface area contributed by atoms with Crippen molar-refractivity contribution in [2.24, 2.45) is 0 Å². The van der Waals surface area contributed by atoms with Crippen molar-refractivity contribution < 1.29 is 22.7 Å². The van der Waals surface area contributed by atoms with Gasteiger partial charge in [0.15, 0.2) is 5.78 Å². The zero-order chi connectivity index (χ0) is 16.6. The third-order valence-corrected chi connectivity index (χ3v) is 3.67. The quantitative estimate of drug-likeness (QED) is 0.834. The number of ketones is 1. The summed E-state index contributed by atoms with van der Waals surface area (Å²) in [5, 5.41) is 8.82. The Morgan fingerprint density at radius 1 is 1.17 bits per heavy atom. The number of carbonyl (C=O) groups is 1. The van der Waals surface area contributed by atoms with Crippen LogP contribution in [0, 0.1) is 17.1 Å². The van der Waals surface area contributed by atoms with Crippen molar-refractivity contribution in [2.75, 3.05) is 0 Å². The Balaban J connectivity index is 2.06. The van der Waals surface area contributed by atoms with Gasteiger partial charge in [0, 0.05) is 18.1 Å². The number of carbonyl (C=O) groups excluding carboxylic acids is 1. The standard InChI is InChI=1S/C17H10F3NO2/c18-10-5-9(8-21)6-11(7-10)23-15-4-2-12-13(1-3-14(12)22)16(15)17(19)20/h2,4-7,17H,1,3H2. The van der Waals surface area contributed by atoms with Gasteiger partial charge in [-0.2, -0.15) is 5.26 Å². The molecule has 0 N–H and O–H groups in total. The topological polar surface area (TPSA) is 50.1 Å². The van der Waals surface area contributed by atoms with E-state index in [0.29, 0.717) is 0 Å². The molecule has 0 bridgehead atoms. The van der Waals surface area contributed by atoms with Gasteiger partial charge in [-0.05, 0) is 36.2 Å². The van der Waals surface area contributed by atoms with Gasteiger partial charge in [0.2, 0.25) is 0 Å². The predicted octanol–water partition coefficient (Wildman–Crippen LogP) is 4.56. The van der Waals surface area contributed by atoms with E-state index in [4.69, 9.17) is 10.00 Å². The second kappa shape index (κ2) is 5.76. The van der Waals surface area contributed by atoms with Gasteiger partial charge >= 0.3 is 0 Å². The van der Waals surface area contributed by atoms with Crippen LogP contribution < -0.4 is 4.74 Å². The van der Waals surface area contributed by atoms with Crippen LogP contribution >= 0.6 is 0 Å². The molecule has 1 aliphatic carbocycles. The molecule has 0 aromatic heterocycles. The summed E-state index contributed by atoms with van der Waals surface area (Å²) < 4.78 is 45.6. The Morgan fingerprint density at radius 3 is 2.65 bits per heavy atom. The fourth-order valence-electron chi connectivity index (χ4n) is 2.69. The SMILES string of the molecule is N#Cc1cc(F)cc(Oc2ccc3c(c2C(F)F)CCC3=O)c1. The Hall–Kier alpha value is -2.81. The van der Waals surface area contributed by atoms with Crippen LogP contribution in [-0.2, 0) is 6.42 Å². The molecule has 0 unspecified atom stereocenters. The van der Waals surface area contributed by atoms with E-state index in [1.54, 1.807) is 6.07 Å². The van der Waals surface area contributed by atoms with Crippen LogP contribution in [0.3, 0.4) is 0 Å². The highest BCUT2D eigenvalue weighted by molar-refractivity contribution is 6.01. The first-order valence-corrected chi connectivity index (χ1v) is 6.85. The molecule has 1 aliphatic rings. The van der Waals surface area contributed by atoms with E-state index >= 15 is 0 Å². The first-order valence-electron chi connectivity index (χ1n) is 6.85. The highest BCUT2D eigenvalue weighted by atomic mass is 19.3. The maximum atomic E-state index is 13.4. The maximum Gasteiger partial charge on any atom is 0.267 e. The Bertz CT molecular complexity index is 840. The van der Waals surface area contributed by atoms with Gasteiger partial charge < -0.3 is 4.74 Å². The molecular weight excluding hydrogens is 307 g/mol. The normalized spacial score (nSPS) is 13.1. The summed E-state index contributed by atoms with van der Waals surface area (Å²) in [4.78, 5) is 11.7. The molecule has 0 heterocycles. The summed E-state index contributed by atoms with van der Waals surface area (Å²) >= 11 is 0. The third-order valence-electron chi connectivity index (χ3n) is 3.67. The van der Waals surface area contributed by atoms with E-state index in [1.807, 2.05) is 0 Å². The zero-order valence-electron chi connectivity index (χ0n) is 11.8. The second-order valence-electron chi connectivity index (χ2n) is 5.12. The first kappa shape index (κ1) is 15.1. The smallest absolute Gasteiger partial charge is 0.267 e. The fourth-order valence-corrected chi connectivity index (χ4v) is 2.69. The van der Waals surface area contributed by atoms with Crippen molar-refractivity contribution in [1.82, 2.24) is 0 Å². The zero-order valence-corrected chi connectivity index (χ0v) is 11.8. The molecule has 0 aliphatic heterocycles. The molecule has 0 atom stereocenters. The molecule has 2 aromatic carbocycles. The number of benzene rings is 2. The van der Waals surface area contributed by atoms with E-state index in [2.05, 4.69) is 0 Å². The minimum absolute atomic E-state index is 0.0231. The summed E-state index contributed by atoms with van der Waals surface area (Å²) in [7, 11) is 0. The van der Waals surface area contributed by atoms with Crippen LogP contribution in [0.1, 0.15) is 39.9 Å². The molecule has 0 saturated carbocycles. The van der Waals surface area contributed by atoms with Gasteiger partial charge in [0.05, 0.1) is 17.2 Å². The highest BCUT2D eigenvalue weighted by Crippen LogP contribution is 2.40. The van der Waals surface area contributed by atoms with E-state index in [9.17, 15) is 18.0 Å². The number of Topliss-reactive ketones (excluding diaryl/α,β-unsaturated/α-hetero) is 1. The fraction of sp³-hybridized carbons (Fsp3) is 0.176. The molecule has 3 rings (SSSR count). The second-order valence-corrected chi connectivity index (χ2v) is 5.12. The highest BCUT2D eigenvalue weighted by Gasteiger charge is 2.29. The van der Waals surface area contributed by atoms with E-state index in [0.717, 1.165) is 12.1 Å². The van der Waals surface area contributed by atoms with E-state index in [1.165, 1.54) is 18.2 Å². The van der Waals surface area contributed by atoms with E-state index in [-0.39, 0.29) is 52.4 Å². The summed E-state index contributed by atoms with van der Waals surface area (Å²) in [5.41, 5.74) is 0.232. The number of nitrogens with zero attached hydrogens (tertiary/aromatic N) is 1. The molecule has 0 spiro atoms.